The number of phosphoric ester groups is 1. The third-order valence-corrected chi connectivity index (χ3v) is 3.50. The van der Waals surface area contributed by atoms with Gasteiger partial charge in [0.15, 0.2) is 6.10 Å². The lowest BCUT2D eigenvalue weighted by Gasteiger charge is -2.32. The maximum Gasteiger partial charge on any atom is 0.469 e. The third-order valence-electron chi connectivity index (χ3n) is 3.02. The molecule has 2 rings (SSSR count). The average molecular weight is 345 g/mol. The summed E-state index contributed by atoms with van der Waals surface area (Å²) in [7, 11) is -4.92. The number of carbonyl (C=O) groups excluding carboxylic acids is 1. The number of nitrogens with one attached hydrogen (secondary N) is 1. The van der Waals surface area contributed by atoms with E-state index in [-0.39, 0.29) is 0 Å². The topological polar surface area (TPSA) is 155 Å². The van der Waals surface area contributed by atoms with Crippen LogP contribution < -0.4 is 11.1 Å². The molecule has 0 spiro atoms. The van der Waals surface area contributed by atoms with E-state index in [2.05, 4.69) is 9.84 Å². The number of hydrogen-bond acceptors (Lipinski definition) is 6. The number of alkyl halides is 2. The van der Waals surface area contributed by atoms with Gasteiger partial charge in [0, 0.05) is 6.20 Å². The Labute approximate surface area is 122 Å². The summed E-state index contributed by atoms with van der Waals surface area (Å²) in [5.74, 6) is -3.88. The smallest absolute Gasteiger partial charge is 0.384 e. The first-order chi connectivity index (χ1) is 10.0. The number of hydrogen-bond donors (Lipinski definition) is 5. The van der Waals surface area contributed by atoms with Gasteiger partial charge in [-0.05, 0) is 6.08 Å². The molecule has 0 aromatic carbocycles. The molecule has 10 nitrogen and oxygen atoms in total. The van der Waals surface area contributed by atoms with Crippen molar-refractivity contribution in [3.8, 4) is 0 Å². The first-order valence-corrected chi connectivity index (χ1v) is 7.49. The maximum absolute atomic E-state index is 14.0. The summed E-state index contributed by atoms with van der Waals surface area (Å²) >= 11 is 0. The molecule has 2 amide bonds. The molecule has 6 N–H and O–H groups in total. The number of carbonyl (C=O) groups is 1. The number of amides is 2. The van der Waals surface area contributed by atoms with E-state index in [0.717, 1.165) is 6.20 Å². The summed E-state index contributed by atoms with van der Waals surface area (Å²) in [5.41, 5.74) is 5.37. The monoisotopic (exact) mass is 345 g/mol. The van der Waals surface area contributed by atoms with Gasteiger partial charge in [-0.3, -0.25) is 9.42 Å². The van der Waals surface area contributed by atoms with Crippen LogP contribution in [0.2, 0.25) is 0 Å². The van der Waals surface area contributed by atoms with Gasteiger partial charge in [0.2, 0.25) is 6.23 Å². The Bertz CT molecular complexity index is 527. The van der Waals surface area contributed by atoms with E-state index >= 15 is 0 Å². The molecule has 22 heavy (non-hydrogen) atoms. The zero-order valence-corrected chi connectivity index (χ0v) is 11.8. The lowest BCUT2D eigenvalue weighted by molar-refractivity contribution is -0.145. The molecule has 2 aliphatic heterocycles. The zero-order valence-electron chi connectivity index (χ0n) is 10.9. The highest BCUT2D eigenvalue weighted by molar-refractivity contribution is 7.46. The molecule has 126 valence electrons. The molecule has 0 radical (unpaired) electrons. The van der Waals surface area contributed by atoms with Gasteiger partial charge in [0.05, 0.1) is 12.8 Å². The number of halogens is 2. The first-order valence-electron chi connectivity index (χ1n) is 5.96. The van der Waals surface area contributed by atoms with E-state index in [1.807, 2.05) is 0 Å². The Morgan fingerprint density at radius 2 is 2.18 bits per heavy atom. The van der Waals surface area contributed by atoms with Gasteiger partial charge < -0.3 is 30.7 Å². The van der Waals surface area contributed by atoms with Crippen LogP contribution in [0.4, 0.5) is 13.6 Å². The largest absolute Gasteiger partial charge is 0.469 e. The van der Waals surface area contributed by atoms with Crippen LogP contribution >= 0.6 is 7.82 Å². The SMILES string of the molecule is NC1C=CN([C@@H]2O[C@H](COP(=O)(O)O)[C@@H](O)C2(F)F)C(=O)N1. The summed E-state index contributed by atoms with van der Waals surface area (Å²) < 4.78 is 47.5. The van der Waals surface area contributed by atoms with Crippen LogP contribution in [0.3, 0.4) is 0 Å². The van der Waals surface area contributed by atoms with E-state index < -0.39 is 51.0 Å². The van der Waals surface area contributed by atoms with Crippen molar-refractivity contribution in [2.24, 2.45) is 5.73 Å². The van der Waals surface area contributed by atoms with Crippen LogP contribution in [0.15, 0.2) is 12.3 Å². The zero-order chi connectivity index (χ0) is 16.7. The summed E-state index contributed by atoms with van der Waals surface area (Å²) in [6, 6.07) is -0.969. The molecule has 0 bridgehead atoms. The number of nitrogens with zero attached hydrogens (tertiary/aromatic N) is 1. The number of ether oxygens (including phenoxy) is 1. The van der Waals surface area contributed by atoms with Gasteiger partial charge in [-0.25, -0.2) is 9.36 Å². The van der Waals surface area contributed by atoms with Crippen molar-refractivity contribution in [3.05, 3.63) is 12.3 Å². The van der Waals surface area contributed by atoms with E-state index in [1.54, 1.807) is 0 Å². The molecular formula is C9H14F2N3O7P. The van der Waals surface area contributed by atoms with Crippen molar-refractivity contribution in [2.45, 2.75) is 30.5 Å². The van der Waals surface area contributed by atoms with Crippen LogP contribution in [-0.4, -0.2) is 63.0 Å². The predicted molar refractivity (Wildman–Crippen MR) is 65.1 cm³/mol. The number of rotatable bonds is 4. The number of aliphatic hydroxyl groups is 1. The normalized spacial score (nSPS) is 34.8. The standard InChI is InChI=1S/C9H14F2N3O7P/c10-9(11)6(15)4(3-20-22(17,18)19)21-7(9)14-2-1-5(12)13-8(14)16/h1-2,4-7,15H,3,12H2,(H,13,16)(H2,17,18,19)/t4-,5?,6-,7-/m1/s1. The summed E-state index contributed by atoms with van der Waals surface area (Å²) in [6.45, 7) is -0.976. The lowest BCUT2D eigenvalue weighted by Crippen LogP contribution is -2.57. The molecule has 1 fully saturated rings. The molecule has 0 aliphatic carbocycles. The molecule has 0 aromatic heterocycles. The Kier molecular flexibility index (Phi) is 4.55. The van der Waals surface area contributed by atoms with Gasteiger partial charge in [-0.1, -0.05) is 0 Å². The highest BCUT2D eigenvalue weighted by Crippen LogP contribution is 2.41. The second-order valence-corrected chi connectivity index (χ2v) is 5.90. The molecule has 0 saturated carbocycles. The van der Waals surface area contributed by atoms with Gasteiger partial charge in [0.1, 0.15) is 6.10 Å². The quantitative estimate of drug-likeness (QED) is 0.391. The summed E-state index contributed by atoms with van der Waals surface area (Å²) in [4.78, 5) is 29.2. The van der Waals surface area contributed by atoms with E-state index in [9.17, 15) is 23.2 Å². The van der Waals surface area contributed by atoms with Crippen molar-refractivity contribution in [3.63, 3.8) is 0 Å². The number of phosphoric acid groups is 1. The Morgan fingerprint density at radius 1 is 1.55 bits per heavy atom. The van der Waals surface area contributed by atoms with Crippen molar-refractivity contribution in [2.75, 3.05) is 6.61 Å². The molecule has 0 aromatic rings. The van der Waals surface area contributed by atoms with E-state index in [1.165, 1.54) is 6.08 Å². The van der Waals surface area contributed by atoms with Gasteiger partial charge in [-0.15, -0.1) is 0 Å². The number of urea groups is 1. The molecule has 1 unspecified atom stereocenters. The fourth-order valence-electron chi connectivity index (χ4n) is 1.98. The van der Waals surface area contributed by atoms with Gasteiger partial charge in [0.25, 0.3) is 0 Å². The molecule has 2 aliphatic rings. The fraction of sp³-hybridized carbons (Fsp3) is 0.667. The molecule has 4 atom stereocenters. The molecular weight excluding hydrogens is 331 g/mol. The van der Waals surface area contributed by atoms with Gasteiger partial charge >= 0.3 is 19.8 Å². The summed E-state index contributed by atoms with van der Waals surface area (Å²) in [6.07, 6.45) is -4.98. The van der Waals surface area contributed by atoms with Crippen molar-refractivity contribution >= 4 is 13.9 Å². The molecule has 1 saturated heterocycles. The number of aliphatic hydroxyl groups excluding tert-OH is 1. The van der Waals surface area contributed by atoms with Crippen LogP contribution in [0.1, 0.15) is 0 Å². The fourth-order valence-corrected chi connectivity index (χ4v) is 2.32. The van der Waals surface area contributed by atoms with Crippen LogP contribution in [-0.2, 0) is 13.8 Å². The second-order valence-electron chi connectivity index (χ2n) is 4.66. The molecule has 2 heterocycles. The second kappa shape index (κ2) is 5.81. The molecule has 13 heteroatoms. The first kappa shape index (κ1) is 17.2. The van der Waals surface area contributed by atoms with Gasteiger partial charge in [-0.2, -0.15) is 8.78 Å². The van der Waals surface area contributed by atoms with Crippen LogP contribution in [0, 0.1) is 0 Å². The lowest BCUT2D eigenvalue weighted by atomic mass is 10.1. The van der Waals surface area contributed by atoms with Crippen LogP contribution in [0.5, 0.6) is 0 Å². The van der Waals surface area contributed by atoms with E-state index in [4.69, 9.17) is 20.3 Å². The minimum atomic E-state index is -4.92. The minimum absolute atomic E-state index is 0.490. The highest BCUT2D eigenvalue weighted by atomic mass is 31.2. The predicted octanol–water partition coefficient (Wildman–Crippen LogP) is -1.36. The maximum atomic E-state index is 14.0. The van der Waals surface area contributed by atoms with Crippen molar-refractivity contribution < 1.29 is 42.3 Å². The Morgan fingerprint density at radius 3 is 2.73 bits per heavy atom. The number of nitrogens with two attached hydrogens (primary N) is 1. The van der Waals surface area contributed by atoms with Crippen molar-refractivity contribution in [1.82, 2.24) is 10.2 Å². The Hall–Kier alpha value is -1.14. The van der Waals surface area contributed by atoms with E-state index in [0.29, 0.717) is 4.90 Å². The minimum Gasteiger partial charge on any atom is -0.384 e. The highest BCUT2D eigenvalue weighted by Gasteiger charge is 2.61. The third kappa shape index (κ3) is 3.43. The summed E-state index contributed by atoms with van der Waals surface area (Å²) in [5, 5.41) is 11.7. The van der Waals surface area contributed by atoms with Crippen molar-refractivity contribution in [1.29, 1.82) is 0 Å². The van der Waals surface area contributed by atoms with Crippen LogP contribution in [0.25, 0.3) is 0 Å². The average Bonchev–Trinajstić information content (AvgIpc) is 2.59. The Balaban J connectivity index is 2.14.